The lowest BCUT2D eigenvalue weighted by Crippen LogP contribution is -2.21. The fourth-order valence-electron chi connectivity index (χ4n) is 3.98. The highest BCUT2D eigenvalue weighted by Crippen LogP contribution is 2.37. The van der Waals surface area contributed by atoms with Crippen LogP contribution in [0, 0.1) is 13.8 Å². The third-order valence-electron chi connectivity index (χ3n) is 5.58. The van der Waals surface area contributed by atoms with Crippen molar-refractivity contribution < 1.29 is 8.95 Å². The van der Waals surface area contributed by atoms with E-state index in [1.165, 1.54) is 32.1 Å². The van der Waals surface area contributed by atoms with Crippen LogP contribution in [0.15, 0.2) is 47.4 Å². The largest absolute Gasteiger partial charge is 0.495 e. The highest BCUT2D eigenvalue weighted by Gasteiger charge is 2.19. The molecule has 0 spiro atoms. The Morgan fingerprint density at radius 3 is 2.65 bits per heavy atom. The summed E-state index contributed by atoms with van der Waals surface area (Å²) >= 11 is 1.66. The summed E-state index contributed by atoms with van der Waals surface area (Å²) in [6.07, 6.45) is 6.34. The maximum Gasteiger partial charge on any atom is 0.183 e. The van der Waals surface area contributed by atoms with E-state index in [4.69, 9.17) is 9.72 Å². The van der Waals surface area contributed by atoms with Crippen LogP contribution >= 0.6 is 11.3 Å². The van der Waals surface area contributed by atoms with E-state index in [0.29, 0.717) is 16.7 Å². The number of thiazole rings is 1. The van der Waals surface area contributed by atoms with Crippen LogP contribution in [0.3, 0.4) is 0 Å². The zero-order chi connectivity index (χ0) is 21.8. The van der Waals surface area contributed by atoms with Gasteiger partial charge in [0, 0.05) is 11.7 Å². The number of nitrogens with zero attached hydrogens (tertiary/aromatic N) is 1. The second-order valence-corrected chi connectivity index (χ2v) is 10.2. The molecule has 1 heterocycles. The Balaban J connectivity index is 1.59. The molecule has 3 aromatic rings. The third-order valence-corrected chi connectivity index (χ3v) is 7.86. The number of ether oxygens (including phenoxy) is 1. The summed E-state index contributed by atoms with van der Waals surface area (Å²) in [5, 5.41) is 4.59. The second kappa shape index (κ2) is 9.83. The molecule has 0 bridgehead atoms. The number of hydrogen-bond donors (Lipinski definition) is 2. The molecule has 0 amide bonds. The Hall–Kier alpha value is -2.38. The van der Waals surface area contributed by atoms with E-state index >= 15 is 0 Å². The number of methoxy groups -OCH3 is 1. The van der Waals surface area contributed by atoms with Gasteiger partial charge in [0.15, 0.2) is 16.1 Å². The van der Waals surface area contributed by atoms with Gasteiger partial charge in [-0.05, 0) is 68.1 Å². The third kappa shape index (κ3) is 5.28. The predicted molar refractivity (Wildman–Crippen MR) is 131 cm³/mol. The van der Waals surface area contributed by atoms with Crippen molar-refractivity contribution in [2.45, 2.75) is 56.9 Å². The first-order valence-electron chi connectivity index (χ1n) is 10.7. The Bertz CT molecular complexity index is 1070. The molecular formula is C24H29N3O2S2. The molecule has 1 aromatic heterocycles. The van der Waals surface area contributed by atoms with E-state index in [1.54, 1.807) is 18.4 Å². The normalized spacial score (nSPS) is 15.5. The van der Waals surface area contributed by atoms with Gasteiger partial charge in [0.05, 0.1) is 17.7 Å². The van der Waals surface area contributed by atoms with Crippen molar-refractivity contribution in [2.24, 2.45) is 0 Å². The maximum absolute atomic E-state index is 13.1. The van der Waals surface area contributed by atoms with Crippen LogP contribution in [0.4, 0.5) is 10.8 Å². The highest BCUT2D eigenvalue weighted by molar-refractivity contribution is 7.86. The van der Waals surface area contributed by atoms with Gasteiger partial charge < -0.3 is 14.8 Å². The van der Waals surface area contributed by atoms with Crippen molar-refractivity contribution in [3.05, 3.63) is 53.7 Å². The van der Waals surface area contributed by atoms with Crippen molar-refractivity contribution >= 4 is 33.1 Å². The first-order chi connectivity index (χ1) is 15.0. The van der Waals surface area contributed by atoms with Crippen molar-refractivity contribution in [1.29, 1.82) is 0 Å². The lowest BCUT2D eigenvalue weighted by molar-refractivity contribution is 0.404. The van der Waals surface area contributed by atoms with Crippen molar-refractivity contribution in [2.75, 3.05) is 17.1 Å². The number of rotatable bonds is 7. The van der Waals surface area contributed by atoms with Crippen molar-refractivity contribution in [3.8, 4) is 16.2 Å². The molecule has 2 N–H and O–H groups in total. The van der Waals surface area contributed by atoms with E-state index in [2.05, 4.69) is 10.0 Å². The number of nitrogens with one attached hydrogen (secondary N) is 2. The Labute approximate surface area is 190 Å². The standard InChI is InChI=1S/C24H29N3O2S2/c1-16-8-7-11-20(14-16)27-31(28)22-15-18(12-13-21(22)29-3)23-17(2)25-24(30-23)26-19-9-5-4-6-10-19/h7-8,11-15,19,27H,4-6,9-10H2,1-3H3,(H,25,26). The minimum atomic E-state index is -1.45. The predicted octanol–water partition coefficient (Wildman–Crippen LogP) is 6.31. The molecule has 1 aliphatic carbocycles. The number of anilines is 2. The zero-order valence-corrected chi connectivity index (χ0v) is 19.9. The van der Waals surface area contributed by atoms with Crippen LogP contribution in [0.2, 0.25) is 0 Å². The fraction of sp³-hybridized carbons (Fsp3) is 0.375. The SMILES string of the molecule is COc1ccc(-c2sc(NC3CCCCC3)nc2C)cc1S(=O)Nc1cccc(C)c1. The van der Waals surface area contributed by atoms with E-state index in [1.807, 2.05) is 56.3 Å². The van der Waals surface area contributed by atoms with Crippen LogP contribution in [-0.2, 0) is 11.0 Å². The zero-order valence-electron chi connectivity index (χ0n) is 18.2. The molecular weight excluding hydrogens is 426 g/mol. The summed E-state index contributed by atoms with van der Waals surface area (Å²) in [6.45, 7) is 4.05. The molecule has 1 aliphatic rings. The summed E-state index contributed by atoms with van der Waals surface area (Å²) in [6, 6.07) is 14.2. The average Bonchev–Trinajstić information content (AvgIpc) is 3.13. The first kappa shape index (κ1) is 21.8. The van der Waals surface area contributed by atoms with Crippen LogP contribution in [0.5, 0.6) is 5.75 Å². The molecule has 0 saturated heterocycles. The summed E-state index contributed by atoms with van der Waals surface area (Å²) in [4.78, 5) is 6.47. The molecule has 4 rings (SSSR count). The van der Waals surface area contributed by atoms with Gasteiger partial charge in [-0.15, -0.1) is 0 Å². The second-order valence-electron chi connectivity index (χ2n) is 8.02. The Morgan fingerprint density at radius 2 is 1.90 bits per heavy atom. The quantitative estimate of drug-likeness (QED) is 0.438. The van der Waals surface area contributed by atoms with E-state index in [-0.39, 0.29) is 0 Å². The average molecular weight is 456 g/mol. The van der Waals surface area contributed by atoms with E-state index in [0.717, 1.165) is 32.5 Å². The van der Waals surface area contributed by atoms with Gasteiger partial charge in [0.25, 0.3) is 0 Å². The molecule has 0 aliphatic heterocycles. The van der Waals surface area contributed by atoms with Gasteiger partial charge in [-0.25, -0.2) is 9.19 Å². The fourth-order valence-corrected chi connectivity index (χ4v) is 6.04. The number of aromatic nitrogens is 1. The minimum Gasteiger partial charge on any atom is -0.495 e. The Morgan fingerprint density at radius 1 is 1.10 bits per heavy atom. The summed E-state index contributed by atoms with van der Waals surface area (Å²) in [5.74, 6) is 0.602. The van der Waals surface area contributed by atoms with Gasteiger partial charge >= 0.3 is 0 Å². The highest BCUT2D eigenvalue weighted by atomic mass is 32.2. The van der Waals surface area contributed by atoms with Crippen molar-refractivity contribution in [3.63, 3.8) is 0 Å². The monoisotopic (exact) mass is 455 g/mol. The molecule has 1 saturated carbocycles. The Kier molecular flexibility index (Phi) is 6.92. The van der Waals surface area contributed by atoms with Gasteiger partial charge in [-0.3, -0.25) is 0 Å². The molecule has 1 fully saturated rings. The van der Waals surface area contributed by atoms with Gasteiger partial charge in [0.1, 0.15) is 10.6 Å². The van der Waals surface area contributed by atoms with Crippen LogP contribution < -0.4 is 14.8 Å². The van der Waals surface area contributed by atoms with E-state index in [9.17, 15) is 4.21 Å². The molecule has 1 unspecified atom stereocenters. The van der Waals surface area contributed by atoms with Crippen LogP contribution in [0.25, 0.3) is 10.4 Å². The number of benzene rings is 2. The van der Waals surface area contributed by atoms with Crippen LogP contribution in [0.1, 0.15) is 43.4 Å². The minimum absolute atomic E-state index is 0.518. The maximum atomic E-state index is 13.1. The number of hydrogen-bond acceptors (Lipinski definition) is 5. The smallest absolute Gasteiger partial charge is 0.183 e. The van der Waals surface area contributed by atoms with E-state index < -0.39 is 11.0 Å². The lowest BCUT2D eigenvalue weighted by Gasteiger charge is -2.22. The molecule has 164 valence electrons. The molecule has 2 aromatic carbocycles. The molecule has 0 radical (unpaired) electrons. The van der Waals surface area contributed by atoms with Crippen molar-refractivity contribution in [1.82, 2.24) is 4.98 Å². The molecule has 31 heavy (non-hydrogen) atoms. The molecule has 7 heteroatoms. The van der Waals surface area contributed by atoms with Gasteiger partial charge in [-0.2, -0.15) is 0 Å². The summed E-state index contributed by atoms with van der Waals surface area (Å²) < 4.78 is 21.7. The number of aryl methyl sites for hydroxylation is 2. The van der Waals surface area contributed by atoms with Gasteiger partial charge in [0.2, 0.25) is 0 Å². The van der Waals surface area contributed by atoms with Gasteiger partial charge in [-0.1, -0.05) is 42.7 Å². The lowest BCUT2D eigenvalue weighted by atomic mass is 9.96. The first-order valence-corrected chi connectivity index (χ1v) is 12.7. The van der Waals surface area contributed by atoms with Crippen LogP contribution in [-0.4, -0.2) is 22.3 Å². The molecule has 1 atom stereocenters. The molecule has 5 nitrogen and oxygen atoms in total. The topological polar surface area (TPSA) is 63.2 Å². The summed E-state index contributed by atoms with van der Waals surface area (Å²) in [5.41, 5.74) is 3.92. The summed E-state index contributed by atoms with van der Waals surface area (Å²) in [7, 11) is 0.154.